The van der Waals surface area contributed by atoms with E-state index in [1.54, 1.807) is 22.5 Å². The van der Waals surface area contributed by atoms with E-state index in [0.29, 0.717) is 47.3 Å². The van der Waals surface area contributed by atoms with Gasteiger partial charge in [-0.15, -0.1) is 0 Å². The number of nitrogens with one attached hydrogen (secondary N) is 2. The van der Waals surface area contributed by atoms with Gasteiger partial charge in [0.05, 0.1) is 21.5 Å². The first-order valence-corrected chi connectivity index (χ1v) is 13.4. The monoisotopic (exact) mass is 478 g/mol. The lowest BCUT2D eigenvalue weighted by atomic mass is 9.86. The lowest BCUT2D eigenvalue weighted by Crippen LogP contribution is -2.35. The van der Waals surface area contributed by atoms with Crippen LogP contribution in [0.4, 0.5) is 0 Å². The summed E-state index contributed by atoms with van der Waals surface area (Å²) in [6.07, 6.45) is 3.88. The van der Waals surface area contributed by atoms with Crippen molar-refractivity contribution >= 4 is 21.1 Å². The molecule has 0 spiro atoms. The molecule has 1 aromatic heterocycles. The number of sulfonamides is 1. The highest BCUT2D eigenvalue weighted by molar-refractivity contribution is 7.89. The summed E-state index contributed by atoms with van der Waals surface area (Å²) in [6, 6.07) is 14.3. The van der Waals surface area contributed by atoms with Gasteiger partial charge in [0.2, 0.25) is 10.0 Å². The minimum Gasteiger partial charge on any atom is -0.338 e. The molecule has 0 saturated carbocycles. The Hall–Kier alpha value is -2.97. The third-order valence-corrected chi connectivity index (χ3v) is 8.91. The third-order valence-electron chi connectivity index (χ3n) is 7.02. The summed E-state index contributed by atoms with van der Waals surface area (Å²) in [5.74, 6) is 1.73. The summed E-state index contributed by atoms with van der Waals surface area (Å²) in [4.78, 5) is 23.6. The summed E-state index contributed by atoms with van der Waals surface area (Å²) < 4.78 is 28.5. The number of rotatable bonds is 4. The molecule has 5 rings (SSSR count). The fourth-order valence-corrected chi connectivity index (χ4v) is 6.60. The van der Waals surface area contributed by atoms with E-state index in [1.165, 1.54) is 0 Å². The van der Waals surface area contributed by atoms with Gasteiger partial charge in [0.25, 0.3) is 5.56 Å². The van der Waals surface area contributed by atoms with Crippen molar-refractivity contribution in [2.45, 2.75) is 44.4 Å². The summed E-state index contributed by atoms with van der Waals surface area (Å²) in [5.41, 5.74) is 2.93. The Morgan fingerprint density at radius 1 is 1.00 bits per heavy atom. The molecule has 1 aliphatic carbocycles. The van der Waals surface area contributed by atoms with Crippen LogP contribution < -0.4 is 5.56 Å². The predicted octanol–water partition coefficient (Wildman–Crippen LogP) is 4.86. The molecule has 0 amide bonds. The number of nitrogens with zero attached hydrogens (tertiary/aromatic N) is 2. The second-order valence-corrected chi connectivity index (χ2v) is 11.5. The van der Waals surface area contributed by atoms with E-state index in [4.69, 9.17) is 0 Å². The van der Waals surface area contributed by atoms with Gasteiger partial charge in [-0.1, -0.05) is 38.1 Å². The summed E-state index contributed by atoms with van der Waals surface area (Å²) in [6.45, 7) is 5.59. The first-order valence-electron chi connectivity index (χ1n) is 12.0. The minimum atomic E-state index is -3.61. The van der Waals surface area contributed by atoms with Crippen LogP contribution in [0.2, 0.25) is 0 Å². The number of hydrogen-bond acceptors (Lipinski definition) is 4. The average molecular weight is 479 g/mol. The Morgan fingerprint density at radius 3 is 2.47 bits per heavy atom. The maximum absolute atomic E-state index is 13.4. The van der Waals surface area contributed by atoms with Crippen molar-refractivity contribution in [3.05, 3.63) is 58.9 Å². The molecule has 3 aliphatic rings. The van der Waals surface area contributed by atoms with Crippen molar-refractivity contribution in [3.63, 3.8) is 0 Å². The standard InChI is InChI=1S/C26H30N4O3S/c1-17(2)18-8-6-14-30(15-7-9-18)34(32,33)19-12-13-22-23(16-19)28-25(27-22)24-20-10-4-3-5-11-21(20)29-26(24)31/h3-5,10-13,16-18H,6-9,14-15H2,1-2H3,(H,27,28)(H,29,31). The number of imidazole rings is 1. The molecular formula is C26H30N4O3S. The predicted molar refractivity (Wildman–Crippen MR) is 134 cm³/mol. The van der Waals surface area contributed by atoms with Crippen LogP contribution in [0.5, 0.6) is 0 Å². The van der Waals surface area contributed by atoms with E-state index >= 15 is 0 Å². The molecule has 8 heteroatoms. The molecule has 2 aromatic rings. The first kappa shape index (κ1) is 22.8. The lowest BCUT2D eigenvalue weighted by molar-refractivity contribution is 0.265. The fourth-order valence-electron chi connectivity index (χ4n) is 5.06. The molecule has 1 saturated heterocycles. The molecule has 178 valence electrons. The SMILES string of the molecule is CC(C)C1CCCN(S(=O)(=O)c2ccc3nc(-c4c5cccccc-5[nH]c4=O)[nH]c3c2)CCC1. The van der Waals surface area contributed by atoms with Crippen LogP contribution in [0, 0.1) is 11.8 Å². The summed E-state index contributed by atoms with van der Waals surface area (Å²) >= 11 is 0. The molecule has 2 N–H and O–H groups in total. The van der Waals surface area contributed by atoms with Crippen LogP contribution in [0.15, 0.2) is 58.2 Å². The van der Waals surface area contributed by atoms with Crippen molar-refractivity contribution < 1.29 is 8.42 Å². The Kier molecular flexibility index (Phi) is 6.04. The average Bonchev–Trinajstić information content (AvgIpc) is 3.24. The molecule has 0 unspecified atom stereocenters. The van der Waals surface area contributed by atoms with E-state index in [1.807, 2.05) is 30.3 Å². The van der Waals surface area contributed by atoms with Gasteiger partial charge < -0.3 is 9.97 Å². The number of hydrogen-bond donors (Lipinski definition) is 2. The third kappa shape index (κ3) is 4.16. The minimum absolute atomic E-state index is 0.228. The van der Waals surface area contributed by atoms with E-state index in [0.717, 1.165) is 36.9 Å². The second-order valence-electron chi connectivity index (χ2n) is 9.52. The molecule has 1 aromatic carbocycles. The Labute approximate surface area is 199 Å². The molecule has 7 nitrogen and oxygen atoms in total. The van der Waals surface area contributed by atoms with Crippen molar-refractivity contribution in [2.24, 2.45) is 11.8 Å². The number of aromatic amines is 2. The zero-order valence-electron chi connectivity index (χ0n) is 19.5. The van der Waals surface area contributed by atoms with Gasteiger partial charge in [0.1, 0.15) is 5.82 Å². The fraction of sp³-hybridized carbons (Fsp3) is 0.385. The second kappa shape index (κ2) is 9.00. The number of benzene rings is 1. The number of fused-ring (bicyclic) bond motifs is 2. The van der Waals surface area contributed by atoms with E-state index in [-0.39, 0.29) is 10.5 Å². The Balaban J connectivity index is 1.46. The highest BCUT2D eigenvalue weighted by Crippen LogP contribution is 2.31. The summed E-state index contributed by atoms with van der Waals surface area (Å²) in [7, 11) is -3.61. The number of H-pyrrole nitrogens is 2. The number of aromatic nitrogens is 3. The van der Waals surface area contributed by atoms with Crippen molar-refractivity contribution in [3.8, 4) is 22.6 Å². The molecule has 0 atom stereocenters. The topological polar surface area (TPSA) is 98.9 Å². The van der Waals surface area contributed by atoms with E-state index in [2.05, 4.69) is 28.8 Å². The molecule has 2 aliphatic heterocycles. The highest BCUT2D eigenvalue weighted by Gasteiger charge is 2.27. The van der Waals surface area contributed by atoms with Crippen LogP contribution in [0.25, 0.3) is 33.7 Å². The quantitative estimate of drug-likeness (QED) is 0.438. The maximum atomic E-state index is 13.4. The maximum Gasteiger partial charge on any atom is 0.260 e. The molecule has 1 fully saturated rings. The van der Waals surface area contributed by atoms with Gasteiger partial charge in [-0.05, 0) is 61.8 Å². The van der Waals surface area contributed by atoms with Crippen LogP contribution in [0.1, 0.15) is 39.5 Å². The zero-order chi connectivity index (χ0) is 23.9. The molecule has 34 heavy (non-hydrogen) atoms. The van der Waals surface area contributed by atoms with Gasteiger partial charge >= 0.3 is 0 Å². The van der Waals surface area contributed by atoms with Crippen LogP contribution in [-0.4, -0.2) is 40.8 Å². The van der Waals surface area contributed by atoms with Gasteiger partial charge in [-0.25, -0.2) is 13.4 Å². The van der Waals surface area contributed by atoms with Crippen LogP contribution in [-0.2, 0) is 10.0 Å². The lowest BCUT2D eigenvalue weighted by Gasteiger charge is -2.29. The highest BCUT2D eigenvalue weighted by atomic mass is 32.2. The summed E-state index contributed by atoms with van der Waals surface area (Å²) in [5, 5.41) is 0. The molecule has 0 radical (unpaired) electrons. The smallest absolute Gasteiger partial charge is 0.260 e. The van der Waals surface area contributed by atoms with Gasteiger partial charge in [0.15, 0.2) is 0 Å². The van der Waals surface area contributed by atoms with Gasteiger partial charge in [-0.3, -0.25) is 4.79 Å². The largest absolute Gasteiger partial charge is 0.338 e. The molecular weight excluding hydrogens is 448 g/mol. The normalized spacial score (nSPS) is 16.8. The first-order chi connectivity index (χ1) is 16.3. The van der Waals surface area contributed by atoms with Gasteiger partial charge in [-0.2, -0.15) is 4.31 Å². The van der Waals surface area contributed by atoms with Crippen molar-refractivity contribution in [1.82, 2.24) is 19.3 Å². The van der Waals surface area contributed by atoms with E-state index in [9.17, 15) is 13.2 Å². The van der Waals surface area contributed by atoms with Gasteiger partial charge in [0, 0.05) is 24.3 Å². The molecule has 3 heterocycles. The Bertz CT molecular complexity index is 1440. The van der Waals surface area contributed by atoms with E-state index < -0.39 is 10.0 Å². The van der Waals surface area contributed by atoms with Crippen LogP contribution >= 0.6 is 0 Å². The molecule has 0 bridgehead atoms. The van der Waals surface area contributed by atoms with Crippen LogP contribution in [0.3, 0.4) is 0 Å². The zero-order valence-corrected chi connectivity index (χ0v) is 20.4. The van der Waals surface area contributed by atoms with Crippen molar-refractivity contribution in [2.75, 3.05) is 13.1 Å². The Morgan fingerprint density at radius 2 is 1.74 bits per heavy atom. The van der Waals surface area contributed by atoms with Crippen molar-refractivity contribution in [1.29, 1.82) is 0 Å².